The minimum absolute atomic E-state index is 0.249. The molecule has 0 unspecified atom stereocenters. The lowest BCUT2D eigenvalue weighted by atomic mass is 10.1. The third-order valence-corrected chi connectivity index (χ3v) is 5.25. The van der Waals surface area contributed by atoms with E-state index in [1.807, 2.05) is 37.3 Å². The Hall–Kier alpha value is -3.92. The number of thiazole rings is 1. The Bertz CT molecular complexity index is 1210. The van der Waals surface area contributed by atoms with Crippen molar-refractivity contribution in [2.45, 2.75) is 6.92 Å². The summed E-state index contributed by atoms with van der Waals surface area (Å²) in [7, 11) is 1.62. The number of fused-ring (bicyclic) bond motifs is 1. The number of methoxy groups -OCH3 is 1. The largest absolute Gasteiger partial charge is 0.497 e. The number of ether oxygens (including phenoxy) is 1. The zero-order valence-corrected chi connectivity index (χ0v) is 17.1. The van der Waals surface area contributed by atoms with Crippen LogP contribution in [-0.4, -0.2) is 28.0 Å². The Kier molecular flexibility index (Phi) is 5.31. The first kappa shape index (κ1) is 19.4. The van der Waals surface area contributed by atoms with Gasteiger partial charge < -0.3 is 15.8 Å². The number of hydrazine groups is 1. The molecule has 152 valence electrons. The number of anilines is 4. The number of rotatable bonds is 6. The number of benzene rings is 2. The van der Waals surface area contributed by atoms with Gasteiger partial charge in [-0.05, 0) is 37.3 Å². The molecular formula is C20H19N7O2S. The van der Waals surface area contributed by atoms with E-state index >= 15 is 0 Å². The molecule has 2 heterocycles. The Morgan fingerprint density at radius 2 is 1.87 bits per heavy atom. The van der Waals surface area contributed by atoms with Gasteiger partial charge in [0.2, 0.25) is 0 Å². The van der Waals surface area contributed by atoms with Crippen LogP contribution in [0.4, 0.5) is 22.5 Å². The first-order valence-electron chi connectivity index (χ1n) is 8.98. The molecule has 9 nitrogen and oxygen atoms in total. The Labute approximate surface area is 176 Å². The molecule has 0 bridgehead atoms. The average molecular weight is 421 g/mol. The van der Waals surface area contributed by atoms with E-state index in [1.165, 1.54) is 17.7 Å². The van der Waals surface area contributed by atoms with E-state index in [-0.39, 0.29) is 17.4 Å². The van der Waals surface area contributed by atoms with Crippen molar-refractivity contribution in [3.8, 4) is 5.75 Å². The number of nitrogens with one attached hydrogen (secondary N) is 3. The van der Waals surface area contributed by atoms with Crippen molar-refractivity contribution in [2.24, 2.45) is 0 Å². The quantitative estimate of drug-likeness (QED) is 0.349. The minimum atomic E-state index is -0.303. The van der Waals surface area contributed by atoms with Gasteiger partial charge in [0.15, 0.2) is 16.8 Å². The van der Waals surface area contributed by atoms with Gasteiger partial charge in [-0.2, -0.15) is 0 Å². The molecule has 30 heavy (non-hydrogen) atoms. The van der Waals surface area contributed by atoms with Crippen LogP contribution in [0.3, 0.4) is 0 Å². The highest BCUT2D eigenvalue weighted by Crippen LogP contribution is 2.32. The average Bonchev–Trinajstić information content (AvgIpc) is 3.16. The molecule has 5 N–H and O–H groups in total. The maximum atomic E-state index is 12.3. The van der Waals surface area contributed by atoms with Gasteiger partial charge in [0.1, 0.15) is 17.8 Å². The second kappa shape index (κ2) is 8.21. The predicted octanol–water partition coefficient (Wildman–Crippen LogP) is 3.49. The SMILES string of the molecule is COc1ccc2nc(Nc3ncnc(NNC(=O)c4ccc(C)cc4)c3N)sc2c1. The molecule has 0 fully saturated rings. The van der Waals surface area contributed by atoms with Gasteiger partial charge in [-0.25, -0.2) is 15.0 Å². The molecule has 0 spiro atoms. The Morgan fingerprint density at radius 1 is 1.10 bits per heavy atom. The fourth-order valence-corrected chi connectivity index (χ4v) is 3.57. The number of carbonyl (C=O) groups excluding carboxylic acids is 1. The summed E-state index contributed by atoms with van der Waals surface area (Å²) in [4.78, 5) is 25.1. The van der Waals surface area contributed by atoms with E-state index in [4.69, 9.17) is 10.5 Å². The highest BCUT2D eigenvalue weighted by molar-refractivity contribution is 7.22. The molecule has 0 saturated carbocycles. The summed E-state index contributed by atoms with van der Waals surface area (Å²) in [5, 5.41) is 3.73. The maximum Gasteiger partial charge on any atom is 0.269 e. The molecule has 0 aliphatic carbocycles. The van der Waals surface area contributed by atoms with Gasteiger partial charge in [-0.15, -0.1) is 0 Å². The normalized spacial score (nSPS) is 10.6. The number of nitrogens with two attached hydrogens (primary N) is 1. The molecule has 0 aliphatic heterocycles. The second-order valence-electron chi connectivity index (χ2n) is 6.41. The van der Waals surface area contributed by atoms with Crippen molar-refractivity contribution in [2.75, 3.05) is 23.6 Å². The highest BCUT2D eigenvalue weighted by atomic mass is 32.1. The molecule has 4 aromatic rings. The fraction of sp³-hybridized carbons (Fsp3) is 0.100. The monoisotopic (exact) mass is 421 g/mol. The number of hydrogen-bond acceptors (Lipinski definition) is 9. The van der Waals surface area contributed by atoms with Crippen molar-refractivity contribution < 1.29 is 9.53 Å². The molecule has 0 radical (unpaired) electrons. The van der Waals surface area contributed by atoms with E-state index < -0.39 is 0 Å². The highest BCUT2D eigenvalue weighted by Gasteiger charge is 2.12. The lowest BCUT2D eigenvalue weighted by Gasteiger charge is -2.12. The third-order valence-electron chi connectivity index (χ3n) is 4.31. The van der Waals surface area contributed by atoms with Crippen LogP contribution in [-0.2, 0) is 0 Å². The molecule has 0 saturated heterocycles. The summed E-state index contributed by atoms with van der Waals surface area (Å²) >= 11 is 1.44. The topological polar surface area (TPSA) is 127 Å². The predicted molar refractivity (Wildman–Crippen MR) is 118 cm³/mol. The molecule has 0 atom stereocenters. The van der Waals surface area contributed by atoms with Gasteiger partial charge in [-0.1, -0.05) is 29.0 Å². The van der Waals surface area contributed by atoms with Crippen LogP contribution in [0.2, 0.25) is 0 Å². The molecule has 0 aliphatic rings. The summed E-state index contributed by atoms with van der Waals surface area (Å²) in [6, 6.07) is 12.9. The lowest BCUT2D eigenvalue weighted by Crippen LogP contribution is -2.30. The van der Waals surface area contributed by atoms with Crippen molar-refractivity contribution >= 4 is 49.9 Å². The molecule has 2 aromatic heterocycles. The first-order valence-corrected chi connectivity index (χ1v) is 9.80. The molecule has 1 amide bonds. The van der Waals surface area contributed by atoms with Crippen LogP contribution >= 0.6 is 11.3 Å². The van der Waals surface area contributed by atoms with Crippen molar-refractivity contribution in [1.29, 1.82) is 0 Å². The number of hydrogen-bond donors (Lipinski definition) is 4. The van der Waals surface area contributed by atoms with Gasteiger partial charge in [0.05, 0.1) is 17.3 Å². The molecular weight excluding hydrogens is 402 g/mol. The van der Waals surface area contributed by atoms with E-state index in [0.29, 0.717) is 16.5 Å². The first-order chi connectivity index (χ1) is 14.5. The number of amides is 1. The summed E-state index contributed by atoms with van der Waals surface area (Å²) in [6.07, 6.45) is 1.34. The number of carbonyl (C=O) groups is 1. The number of nitrogen functional groups attached to an aromatic ring is 1. The Balaban J connectivity index is 1.48. The second-order valence-corrected chi connectivity index (χ2v) is 7.44. The van der Waals surface area contributed by atoms with E-state index in [9.17, 15) is 4.79 Å². The van der Waals surface area contributed by atoms with Crippen LogP contribution in [0, 0.1) is 6.92 Å². The van der Waals surface area contributed by atoms with Crippen molar-refractivity contribution in [3.63, 3.8) is 0 Å². The van der Waals surface area contributed by atoms with Gasteiger partial charge >= 0.3 is 0 Å². The summed E-state index contributed by atoms with van der Waals surface area (Å²) in [6.45, 7) is 1.96. The molecule has 2 aromatic carbocycles. The van der Waals surface area contributed by atoms with Crippen LogP contribution in [0.5, 0.6) is 5.75 Å². The zero-order chi connectivity index (χ0) is 21.1. The summed E-state index contributed by atoms with van der Waals surface area (Å²) in [5.41, 5.74) is 14.2. The summed E-state index contributed by atoms with van der Waals surface area (Å²) < 4.78 is 6.21. The smallest absolute Gasteiger partial charge is 0.269 e. The van der Waals surface area contributed by atoms with E-state index in [1.54, 1.807) is 19.2 Å². The van der Waals surface area contributed by atoms with Crippen LogP contribution in [0.15, 0.2) is 48.8 Å². The minimum Gasteiger partial charge on any atom is -0.497 e. The van der Waals surface area contributed by atoms with E-state index in [2.05, 4.69) is 31.1 Å². The molecule has 4 rings (SSSR count). The summed E-state index contributed by atoms with van der Waals surface area (Å²) in [5.74, 6) is 1.11. The lowest BCUT2D eigenvalue weighted by molar-refractivity contribution is 0.0962. The number of aryl methyl sites for hydroxylation is 1. The zero-order valence-electron chi connectivity index (χ0n) is 16.3. The van der Waals surface area contributed by atoms with Gasteiger partial charge in [0, 0.05) is 5.56 Å². The third kappa shape index (κ3) is 4.08. The van der Waals surface area contributed by atoms with Crippen molar-refractivity contribution in [3.05, 3.63) is 59.9 Å². The van der Waals surface area contributed by atoms with Crippen LogP contribution < -0.4 is 26.6 Å². The van der Waals surface area contributed by atoms with Crippen molar-refractivity contribution in [1.82, 2.24) is 20.4 Å². The molecule has 10 heteroatoms. The Morgan fingerprint density at radius 3 is 2.63 bits per heavy atom. The maximum absolute atomic E-state index is 12.3. The van der Waals surface area contributed by atoms with E-state index in [0.717, 1.165) is 21.5 Å². The standard InChI is InChI=1S/C20H19N7O2S/c1-11-3-5-12(6-4-11)19(28)27-26-18-16(21)17(22-10-23-18)25-20-24-14-8-7-13(29-2)9-15(14)30-20/h3-10H,21H2,1-2H3,(H,27,28)(H2,22,23,24,25,26). The van der Waals surface area contributed by atoms with Crippen LogP contribution in [0.1, 0.15) is 15.9 Å². The van der Waals surface area contributed by atoms with Crippen LogP contribution in [0.25, 0.3) is 10.2 Å². The van der Waals surface area contributed by atoms with Gasteiger partial charge in [-0.3, -0.25) is 15.6 Å². The number of aromatic nitrogens is 3. The fourth-order valence-electron chi connectivity index (χ4n) is 2.67. The van der Waals surface area contributed by atoms with Gasteiger partial charge in [0.25, 0.3) is 5.91 Å². The number of nitrogens with zero attached hydrogens (tertiary/aromatic N) is 3.